The number of carbonyl (C=O) groups excluding carboxylic acids is 1. The number of hydrogen-bond donors (Lipinski definition) is 3. The standard InChI is InChI=1S/C22H37N5O.HI/c1-4-24-22(25-12-6-14-27-15-10-18(2)11-16-27)26-13-9-19-7-5-8-20(17-19)21(28)23-3;/h5,7-8,17-18H,4,6,9-16H2,1-3H3,(H,23,28)(H2,24,25,26);1H. The van der Waals surface area contributed by atoms with E-state index in [4.69, 9.17) is 4.99 Å². The van der Waals surface area contributed by atoms with Crippen molar-refractivity contribution in [2.45, 2.75) is 39.5 Å². The Hall–Kier alpha value is -1.35. The van der Waals surface area contributed by atoms with Gasteiger partial charge in [0.15, 0.2) is 5.96 Å². The molecular weight excluding hydrogens is 477 g/mol. The molecule has 164 valence electrons. The van der Waals surface area contributed by atoms with E-state index in [2.05, 4.69) is 40.8 Å². The number of nitrogens with one attached hydrogen (secondary N) is 3. The molecule has 0 spiro atoms. The Morgan fingerprint density at radius 1 is 1.24 bits per heavy atom. The molecule has 1 amide bonds. The zero-order chi connectivity index (χ0) is 20.2. The SMILES string of the molecule is CCNC(=NCCCN1CCC(C)CC1)NCCc1cccc(C(=O)NC)c1.I. The van der Waals surface area contributed by atoms with Crippen LogP contribution in [0.3, 0.4) is 0 Å². The van der Waals surface area contributed by atoms with E-state index in [1.54, 1.807) is 7.05 Å². The highest BCUT2D eigenvalue weighted by Gasteiger charge is 2.14. The number of aliphatic imine (C=N–C) groups is 1. The van der Waals surface area contributed by atoms with Crippen molar-refractivity contribution in [2.75, 3.05) is 46.3 Å². The van der Waals surface area contributed by atoms with Crippen molar-refractivity contribution in [1.29, 1.82) is 0 Å². The number of carbonyl (C=O) groups is 1. The van der Waals surface area contributed by atoms with Crippen molar-refractivity contribution in [2.24, 2.45) is 10.9 Å². The van der Waals surface area contributed by atoms with E-state index < -0.39 is 0 Å². The fraction of sp³-hybridized carbons (Fsp3) is 0.636. The van der Waals surface area contributed by atoms with E-state index in [0.717, 1.165) is 56.5 Å². The van der Waals surface area contributed by atoms with Crippen LogP contribution in [-0.4, -0.2) is 63.1 Å². The number of nitrogens with zero attached hydrogens (tertiary/aromatic N) is 2. The number of halogens is 1. The van der Waals surface area contributed by atoms with Crippen molar-refractivity contribution in [3.05, 3.63) is 35.4 Å². The van der Waals surface area contributed by atoms with Crippen LogP contribution in [0.25, 0.3) is 0 Å². The topological polar surface area (TPSA) is 68.8 Å². The number of benzene rings is 1. The lowest BCUT2D eigenvalue weighted by Gasteiger charge is -2.29. The second-order valence-electron chi connectivity index (χ2n) is 7.59. The second kappa shape index (κ2) is 14.6. The molecule has 1 aromatic rings. The second-order valence-corrected chi connectivity index (χ2v) is 7.59. The smallest absolute Gasteiger partial charge is 0.251 e. The molecule has 0 aromatic heterocycles. The van der Waals surface area contributed by atoms with Crippen LogP contribution in [0.2, 0.25) is 0 Å². The van der Waals surface area contributed by atoms with Gasteiger partial charge in [-0.05, 0) is 75.9 Å². The third kappa shape index (κ3) is 9.80. The van der Waals surface area contributed by atoms with Crippen LogP contribution < -0.4 is 16.0 Å². The molecule has 1 fully saturated rings. The fourth-order valence-corrected chi connectivity index (χ4v) is 3.45. The quantitative estimate of drug-likeness (QED) is 0.205. The Morgan fingerprint density at radius 2 is 2.00 bits per heavy atom. The lowest BCUT2D eigenvalue weighted by atomic mass is 9.99. The molecule has 29 heavy (non-hydrogen) atoms. The molecule has 1 aliphatic heterocycles. The van der Waals surface area contributed by atoms with Crippen molar-refractivity contribution in [3.63, 3.8) is 0 Å². The lowest BCUT2D eigenvalue weighted by Crippen LogP contribution is -2.38. The molecule has 6 nitrogen and oxygen atoms in total. The number of piperidine rings is 1. The molecule has 1 saturated heterocycles. The number of likely N-dealkylation sites (tertiary alicyclic amines) is 1. The van der Waals surface area contributed by atoms with Gasteiger partial charge in [-0.25, -0.2) is 0 Å². The molecule has 1 aliphatic rings. The molecule has 0 unspecified atom stereocenters. The summed E-state index contributed by atoms with van der Waals surface area (Å²) >= 11 is 0. The molecule has 0 saturated carbocycles. The third-order valence-electron chi connectivity index (χ3n) is 5.25. The maximum Gasteiger partial charge on any atom is 0.251 e. The average molecular weight is 515 g/mol. The van der Waals surface area contributed by atoms with Gasteiger partial charge in [0.25, 0.3) is 5.91 Å². The van der Waals surface area contributed by atoms with Gasteiger partial charge < -0.3 is 20.9 Å². The Kier molecular flexibility index (Phi) is 12.9. The molecule has 2 rings (SSSR count). The van der Waals surface area contributed by atoms with Gasteiger partial charge in [-0.2, -0.15) is 0 Å². The summed E-state index contributed by atoms with van der Waals surface area (Å²) in [5.41, 5.74) is 1.84. The first-order chi connectivity index (χ1) is 13.6. The van der Waals surface area contributed by atoms with Crippen LogP contribution in [0, 0.1) is 5.92 Å². The van der Waals surface area contributed by atoms with E-state index >= 15 is 0 Å². The summed E-state index contributed by atoms with van der Waals surface area (Å²) in [4.78, 5) is 19.0. The Morgan fingerprint density at radius 3 is 2.69 bits per heavy atom. The van der Waals surface area contributed by atoms with Crippen LogP contribution >= 0.6 is 24.0 Å². The Balaban J connectivity index is 0.00000420. The highest BCUT2D eigenvalue weighted by atomic mass is 127. The first-order valence-electron chi connectivity index (χ1n) is 10.7. The van der Waals surface area contributed by atoms with Crippen LogP contribution in [0.5, 0.6) is 0 Å². The predicted molar refractivity (Wildman–Crippen MR) is 132 cm³/mol. The van der Waals surface area contributed by atoms with Crippen molar-refractivity contribution in [3.8, 4) is 0 Å². The van der Waals surface area contributed by atoms with Gasteiger partial charge >= 0.3 is 0 Å². The summed E-state index contributed by atoms with van der Waals surface area (Å²) in [6, 6.07) is 7.77. The molecule has 3 N–H and O–H groups in total. The first-order valence-corrected chi connectivity index (χ1v) is 10.7. The van der Waals surface area contributed by atoms with Gasteiger partial charge in [0.1, 0.15) is 0 Å². The van der Waals surface area contributed by atoms with Gasteiger partial charge in [0.05, 0.1) is 0 Å². The summed E-state index contributed by atoms with van der Waals surface area (Å²) in [5.74, 6) is 1.71. The number of rotatable bonds is 9. The van der Waals surface area contributed by atoms with Crippen LogP contribution in [-0.2, 0) is 6.42 Å². The molecule has 1 aromatic carbocycles. The number of amides is 1. The highest BCUT2D eigenvalue weighted by Crippen LogP contribution is 2.15. The molecule has 0 bridgehead atoms. The summed E-state index contributed by atoms with van der Waals surface area (Å²) in [5, 5.41) is 9.38. The predicted octanol–water partition coefficient (Wildman–Crippen LogP) is 2.88. The van der Waals surface area contributed by atoms with E-state index in [-0.39, 0.29) is 29.9 Å². The molecule has 0 radical (unpaired) electrons. The Bertz CT molecular complexity index is 629. The van der Waals surface area contributed by atoms with Gasteiger partial charge in [-0.3, -0.25) is 9.79 Å². The molecular formula is C22H38IN5O. The zero-order valence-corrected chi connectivity index (χ0v) is 20.5. The van der Waals surface area contributed by atoms with E-state index in [0.29, 0.717) is 5.56 Å². The van der Waals surface area contributed by atoms with Crippen molar-refractivity contribution < 1.29 is 4.79 Å². The molecule has 0 aliphatic carbocycles. The zero-order valence-electron chi connectivity index (χ0n) is 18.2. The minimum atomic E-state index is -0.0483. The molecule has 1 heterocycles. The number of hydrogen-bond acceptors (Lipinski definition) is 3. The van der Waals surface area contributed by atoms with Crippen LogP contribution in [0.15, 0.2) is 29.3 Å². The normalized spacial score (nSPS) is 15.5. The molecule has 0 atom stereocenters. The van der Waals surface area contributed by atoms with Crippen LogP contribution in [0.1, 0.15) is 49.0 Å². The van der Waals surface area contributed by atoms with Crippen LogP contribution in [0.4, 0.5) is 0 Å². The molecule has 7 heteroatoms. The fourth-order valence-electron chi connectivity index (χ4n) is 3.45. The third-order valence-corrected chi connectivity index (χ3v) is 5.25. The van der Waals surface area contributed by atoms with Gasteiger partial charge in [-0.15, -0.1) is 24.0 Å². The maximum atomic E-state index is 11.8. The summed E-state index contributed by atoms with van der Waals surface area (Å²) < 4.78 is 0. The van der Waals surface area contributed by atoms with E-state index in [1.165, 1.54) is 25.9 Å². The summed E-state index contributed by atoms with van der Waals surface area (Å²) in [6.45, 7) is 10.5. The van der Waals surface area contributed by atoms with Gasteiger partial charge in [-0.1, -0.05) is 19.1 Å². The largest absolute Gasteiger partial charge is 0.357 e. The minimum Gasteiger partial charge on any atom is -0.357 e. The highest BCUT2D eigenvalue weighted by molar-refractivity contribution is 14.0. The lowest BCUT2D eigenvalue weighted by molar-refractivity contribution is 0.0963. The van der Waals surface area contributed by atoms with Gasteiger partial charge in [0.2, 0.25) is 0 Å². The Labute approximate surface area is 193 Å². The summed E-state index contributed by atoms with van der Waals surface area (Å²) in [6.07, 6.45) is 4.60. The monoisotopic (exact) mass is 515 g/mol. The van der Waals surface area contributed by atoms with E-state index in [9.17, 15) is 4.79 Å². The van der Waals surface area contributed by atoms with Crippen molar-refractivity contribution in [1.82, 2.24) is 20.9 Å². The van der Waals surface area contributed by atoms with Gasteiger partial charge in [0, 0.05) is 32.2 Å². The van der Waals surface area contributed by atoms with E-state index in [1.807, 2.05) is 18.2 Å². The van der Waals surface area contributed by atoms with Crippen molar-refractivity contribution >= 4 is 35.8 Å². The number of guanidine groups is 1. The maximum absolute atomic E-state index is 11.8. The minimum absolute atomic E-state index is 0. The summed E-state index contributed by atoms with van der Waals surface area (Å²) in [7, 11) is 1.65. The average Bonchev–Trinajstić information content (AvgIpc) is 2.72. The first kappa shape index (κ1) is 25.7.